The Balaban J connectivity index is 0.000000166. The fraction of sp³-hybridized carbons (Fsp3) is 0.190. The van der Waals surface area contributed by atoms with Crippen molar-refractivity contribution in [1.29, 1.82) is 0 Å². The van der Waals surface area contributed by atoms with Crippen LogP contribution in [0.25, 0.3) is 22.5 Å². The van der Waals surface area contributed by atoms with Crippen molar-refractivity contribution in [3.63, 3.8) is 0 Å². The van der Waals surface area contributed by atoms with E-state index >= 15 is 0 Å². The van der Waals surface area contributed by atoms with Gasteiger partial charge in [0.25, 0.3) is 11.8 Å². The second-order valence-corrected chi connectivity index (χ2v) is 16.1. The Hall–Kier alpha value is -6.08. The van der Waals surface area contributed by atoms with Gasteiger partial charge >= 0.3 is 0 Å². The summed E-state index contributed by atoms with van der Waals surface area (Å²) in [5.41, 5.74) is 11.1. The van der Waals surface area contributed by atoms with Gasteiger partial charge in [0.1, 0.15) is 23.1 Å². The maximum absolute atomic E-state index is 14.6. The van der Waals surface area contributed by atoms with E-state index in [2.05, 4.69) is 53.6 Å². The minimum Gasteiger partial charge on any atom is -0.492 e. The van der Waals surface area contributed by atoms with Crippen LogP contribution in [0, 0.1) is 35.8 Å². The van der Waals surface area contributed by atoms with Crippen LogP contribution in [0.2, 0.25) is 0 Å². The van der Waals surface area contributed by atoms with Gasteiger partial charge in [-0.25, -0.2) is 18.7 Å². The Bertz CT molecular complexity index is 2660. The molecule has 12 nitrogen and oxygen atoms in total. The molecule has 8 rings (SSSR count). The third-order valence-corrected chi connectivity index (χ3v) is 11.5. The number of benzene rings is 2. The minimum absolute atomic E-state index is 0.0741. The van der Waals surface area contributed by atoms with E-state index < -0.39 is 34.7 Å². The van der Waals surface area contributed by atoms with Gasteiger partial charge in [0.2, 0.25) is 0 Å². The van der Waals surface area contributed by atoms with Gasteiger partial charge in [0, 0.05) is 58.2 Å². The summed E-state index contributed by atoms with van der Waals surface area (Å²) in [4.78, 5) is 41.1. The number of halogens is 3. The second kappa shape index (κ2) is 17.8. The number of thiazole rings is 2. The number of terminal acetylenes is 1. The van der Waals surface area contributed by atoms with Crippen molar-refractivity contribution in [1.82, 2.24) is 19.9 Å². The lowest BCUT2D eigenvalue weighted by Crippen LogP contribution is -2.20. The SMILES string of the molecule is C#CC(C)(O)c1ccccn1.CC(O)(C#Cc1cc2c(cc1F)OCCc1sc(C(N)=O)nc1-2)c1ccccn1.NC(=O)c1nc2c(s1)CCOc1cc(F)c(Br)cc1-2. The molecule has 0 aliphatic carbocycles. The van der Waals surface area contributed by atoms with Crippen molar-refractivity contribution in [2.24, 2.45) is 11.5 Å². The summed E-state index contributed by atoms with van der Waals surface area (Å²) in [7, 11) is 0. The maximum atomic E-state index is 14.6. The molecular formula is C42H33BrF2N6O6S2. The van der Waals surface area contributed by atoms with Crippen LogP contribution >= 0.6 is 38.6 Å². The van der Waals surface area contributed by atoms with Crippen LogP contribution in [0.5, 0.6) is 11.5 Å². The van der Waals surface area contributed by atoms with Crippen LogP contribution in [0.15, 0.2) is 77.5 Å². The molecule has 2 aromatic carbocycles. The summed E-state index contributed by atoms with van der Waals surface area (Å²) < 4.78 is 39.6. The number of pyridine rings is 2. The van der Waals surface area contributed by atoms with Crippen LogP contribution in [0.1, 0.15) is 60.2 Å². The number of aliphatic hydroxyl groups is 2. The summed E-state index contributed by atoms with van der Waals surface area (Å²) in [5.74, 6) is 6.23. The average Bonchev–Trinajstić information content (AvgIpc) is 3.77. The Morgan fingerprint density at radius 2 is 1.29 bits per heavy atom. The zero-order valence-corrected chi connectivity index (χ0v) is 34.5. The zero-order valence-electron chi connectivity index (χ0n) is 31.3. The molecule has 0 radical (unpaired) electrons. The summed E-state index contributed by atoms with van der Waals surface area (Å²) >= 11 is 5.60. The predicted molar refractivity (Wildman–Crippen MR) is 221 cm³/mol. The van der Waals surface area contributed by atoms with E-state index in [0.717, 1.165) is 9.75 Å². The highest BCUT2D eigenvalue weighted by Crippen LogP contribution is 2.41. The first-order valence-electron chi connectivity index (χ1n) is 17.5. The number of rotatable bonds is 4. The Morgan fingerprint density at radius 1 is 0.797 bits per heavy atom. The molecular weight excluding hydrogens is 867 g/mol. The van der Waals surface area contributed by atoms with Crippen molar-refractivity contribution < 1.29 is 38.1 Å². The lowest BCUT2D eigenvalue weighted by molar-refractivity contribution is 0.0991. The summed E-state index contributed by atoms with van der Waals surface area (Å²) in [5, 5.41) is 20.5. The van der Waals surface area contributed by atoms with Gasteiger partial charge in [0.15, 0.2) is 21.2 Å². The summed E-state index contributed by atoms with van der Waals surface area (Å²) in [6.07, 6.45) is 9.40. The third kappa shape index (κ3) is 9.80. The number of hydrogen-bond donors (Lipinski definition) is 4. The van der Waals surface area contributed by atoms with Crippen LogP contribution in [0.3, 0.4) is 0 Å². The van der Waals surface area contributed by atoms with Gasteiger partial charge in [-0.05, 0) is 66.2 Å². The fourth-order valence-corrected chi connectivity index (χ4v) is 7.76. The maximum Gasteiger partial charge on any atom is 0.277 e. The molecule has 0 spiro atoms. The molecule has 2 aliphatic heterocycles. The smallest absolute Gasteiger partial charge is 0.277 e. The molecule has 0 bridgehead atoms. The number of nitrogens with two attached hydrogens (primary N) is 2. The molecule has 2 unspecified atom stereocenters. The molecule has 0 fully saturated rings. The number of amides is 2. The van der Waals surface area contributed by atoms with Gasteiger partial charge in [-0.2, -0.15) is 0 Å². The van der Waals surface area contributed by atoms with Crippen molar-refractivity contribution >= 4 is 50.4 Å². The number of nitrogens with zero attached hydrogens (tertiary/aromatic N) is 4. The topological polar surface area (TPSA) is 197 Å². The quantitative estimate of drug-likeness (QED) is 0.146. The van der Waals surface area contributed by atoms with E-state index in [-0.39, 0.29) is 15.6 Å². The summed E-state index contributed by atoms with van der Waals surface area (Å²) in [6, 6.07) is 16.0. The first kappa shape index (κ1) is 42.5. The molecule has 59 heavy (non-hydrogen) atoms. The number of hydrogen-bond acceptors (Lipinski definition) is 12. The van der Waals surface area contributed by atoms with E-state index in [0.29, 0.717) is 75.9 Å². The molecule has 2 atom stereocenters. The lowest BCUT2D eigenvalue weighted by Gasteiger charge is -2.15. The van der Waals surface area contributed by atoms with E-state index in [1.54, 1.807) is 54.9 Å². The number of primary amides is 2. The van der Waals surface area contributed by atoms with Crippen LogP contribution in [0.4, 0.5) is 8.78 Å². The highest BCUT2D eigenvalue weighted by Gasteiger charge is 2.26. The van der Waals surface area contributed by atoms with Crippen LogP contribution < -0.4 is 20.9 Å². The molecule has 0 saturated carbocycles. The highest BCUT2D eigenvalue weighted by atomic mass is 79.9. The zero-order chi connectivity index (χ0) is 42.5. The van der Waals surface area contributed by atoms with E-state index in [9.17, 15) is 28.6 Å². The van der Waals surface area contributed by atoms with E-state index in [1.165, 1.54) is 54.7 Å². The fourth-order valence-electron chi connectivity index (χ4n) is 5.60. The average molecular weight is 900 g/mol. The molecule has 6 N–H and O–H groups in total. The number of carbonyl (C=O) groups excluding carboxylic acids is 2. The molecule has 17 heteroatoms. The predicted octanol–water partition coefficient (Wildman–Crippen LogP) is 6.31. The Morgan fingerprint density at radius 3 is 1.76 bits per heavy atom. The van der Waals surface area contributed by atoms with Gasteiger partial charge in [-0.15, -0.1) is 29.1 Å². The Labute approximate surface area is 353 Å². The lowest BCUT2D eigenvalue weighted by atomic mass is 10.0. The molecule has 6 heterocycles. The second-order valence-electron chi connectivity index (χ2n) is 13.1. The van der Waals surface area contributed by atoms with Gasteiger partial charge in [0.05, 0.1) is 46.0 Å². The molecule has 4 aromatic heterocycles. The summed E-state index contributed by atoms with van der Waals surface area (Å²) in [6.45, 7) is 3.78. The molecule has 2 aliphatic rings. The van der Waals surface area contributed by atoms with Gasteiger partial charge in [-0.3, -0.25) is 19.6 Å². The number of aromatic nitrogens is 4. The van der Waals surface area contributed by atoms with Gasteiger partial charge in [-0.1, -0.05) is 29.9 Å². The van der Waals surface area contributed by atoms with Crippen molar-refractivity contribution in [2.75, 3.05) is 13.2 Å². The molecule has 0 saturated heterocycles. The van der Waals surface area contributed by atoms with Crippen molar-refractivity contribution in [3.8, 4) is 58.2 Å². The molecule has 6 aromatic rings. The Kier molecular flexibility index (Phi) is 12.8. The van der Waals surface area contributed by atoms with E-state index in [1.807, 2.05) is 0 Å². The first-order chi connectivity index (χ1) is 28.1. The number of fused-ring (bicyclic) bond motifs is 6. The van der Waals surface area contributed by atoms with Crippen LogP contribution in [-0.2, 0) is 24.0 Å². The normalized spacial score (nSPS) is 14.1. The van der Waals surface area contributed by atoms with Gasteiger partial charge < -0.3 is 31.2 Å². The standard InChI is InChI=1S/C21H16FN3O3S.C12H8BrFN2O2S.C9H9NO/c1-21(27,17-4-2-3-8-24-17)7-5-12-10-13-15(11-14(12)22)28-9-6-16-18(13)25-20(29-16)19(23)26;13-6-3-5-8(4-7(6)14)18-2-1-9-10(5)16-12(19-9)11(15)17;1-3-9(2,11)8-6-4-5-7-10-8/h2-4,8,10-11,27H,6,9H2,1H3,(H2,23,26);3-4H,1-2H2,(H2,15,17);1,4-7,11H,2H3. The third-order valence-electron chi connectivity index (χ3n) is 8.64. The van der Waals surface area contributed by atoms with E-state index in [4.69, 9.17) is 27.4 Å². The van der Waals surface area contributed by atoms with Crippen LogP contribution in [-0.4, -0.2) is 55.2 Å². The van der Waals surface area contributed by atoms with Crippen molar-refractivity contribution in [2.45, 2.75) is 37.9 Å². The molecule has 2 amide bonds. The number of ether oxygens (including phenoxy) is 2. The largest absolute Gasteiger partial charge is 0.492 e. The molecule has 300 valence electrons. The minimum atomic E-state index is -1.55. The number of carbonyl (C=O) groups is 2. The monoisotopic (exact) mass is 898 g/mol. The first-order valence-corrected chi connectivity index (χ1v) is 20.0. The highest BCUT2D eigenvalue weighted by molar-refractivity contribution is 9.10. The van der Waals surface area contributed by atoms with Crippen molar-refractivity contribution in [3.05, 3.63) is 126 Å².